The molecule has 0 bridgehead atoms. The molecule has 2 amide bonds. The van der Waals surface area contributed by atoms with Crippen LogP contribution in [0.5, 0.6) is 5.75 Å². The molecule has 7 nitrogen and oxygen atoms in total. The zero-order valence-electron chi connectivity index (χ0n) is 14.9. The van der Waals surface area contributed by atoms with Crippen molar-refractivity contribution in [3.05, 3.63) is 29.8 Å². The maximum absolute atomic E-state index is 12.0. The summed E-state index contributed by atoms with van der Waals surface area (Å²) in [4.78, 5) is 25.2. The Morgan fingerprint density at radius 1 is 1.28 bits per heavy atom. The Balaban J connectivity index is 1.99. The first-order valence-corrected chi connectivity index (χ1v) is 8.57. The van der Waals surface area contributed by atoms with Crippen molar-refractivity contribution >= 4 is 11.8 Å². The third-order valence-corrected chi connectivity index (χ3v) is 4.18. The Hall–Kier alpha value is -2.12. The summed E-state index contributed by atoms with van der Waals surface area (Å²) in [6, 6.07) is 7.98. The highest BCUT2D eigenvalue weighted by Gasteiger charge is 2.23. The molecule has 1 unspecified atom stereocenters. The number of amides is 2. The Labute approximate surface area is 148 Å². The van der Waals surface area contributed by atoms with Crippen LogP contribution in [0.15, 0.2) is 24.3 Å². The summed E-state index contributed by atoms with van der Waals surface area (Å²) in [5, 5.41) is 5.61. The minimum atomic E-state index is -0.129. The zero-order chi connectivity index (χ0) is 18.1. The maximum Gasteiger partial charge on any atom is 0.221 e. The van der Waals surface area contributed by atoms with E-state index in [2.05, 4.69) is 15.5 Å². The Morgan fingerprint density at radius 3 is 2.72 bits per heavy atom. The molecule has 1 aliphatic rings. The number of nitrogens with one attached hydrogen (secondary N) is 2. The molecular weight excluding hydrogens is 322 g/mol. The van der Waals surface area contributed by atoms with Gasteiger partial charge in [0, 0.05) is 39.5 Å². The number of benzene rings is 1. The van der Waals surface area contributed by atoms with E-state index in [9.17, 15) is 9.59 Å². The fourth-order valence-corrected chi connectivity index (χ4v) is 2.85. The quantitative estimate of drug-likeness (QED) is 0.723. The van der Waals surface area contributed by atoms with Gasteiger partial charge in [-0.2, -0.15) is 0 Å². The van der Waals surface area contributed by atoms with Crippen LogP contribution >= 0.6 is 0 Å². The standard InChI is InChI=1S/C18H27N3O4/c1-14(22)19-7-6-18(23)20-13-17(21-8-10-25-11-9-21)15-4-3-5-16(12-15)24-2/h3-5,12,17H,6-11,13H2,1-2H3,(H,19,22)(H,20,23). The summed E-state index contributed by atoms with van der Waals surface area (Å²) in [5.41, 5.74) is 1.10. The van der Waals surface area contributed by atoms with Gasteiger partial charge in [-0.1, -0.05) is 12.1 Å². The van der Waals surface area contributed by atoms with Gasteiger partial charge in [-0.15, -0.1) is 0 Å². The number of ether oxygens (including phenoxy) is 2. The monoisotopic (exact) mass is 349 g/mol. The normalized spacial score (nSPS) is 16.1. The van der Waals surface area contributed by atoms with Gasteiger partial charge in [0.2, 0.25) is 11.8 Å². The lowest BCUT2D eigenvalue weighted by molar-refractivity contribution is -0.121. The second-order valence-corrected chi connectivity index (χ2v) is 5.98. The van der Waals surface area contributed by atoms with Crippen LogP contribution < -0.4 is 15.4 Å². The van der Waals surface area contributed by atoms with Crippen molar-refractivity contribution in [2.45, 2.75) is 19.4 Å². The van der Waals surface area contributed by atoms with Gasteiger partial charge in [-0.05, 0) is 17.7 Å². The average Bonchev–Trinajstić information content (AvgIpc) is 2.62. The van der Waals surface area contributed by atoms with E-state index >= 15 is 0 Å². The Morgan fingerprint density at radius 2 is 2.04 bits per heavy atom. The highest BCUT2D eigenvalue weighted by atomic mass is 16.5. The molecule has 138 valence electrons. The molecule has 1 heterocycles. The lowest BCUT2D eigenvalue weighted by Crippen LogP contribution is -2.44. The van der Waals surface area contributed by atoms with E-state index in [0.717, 1.165) is 24.4 Å². The summed E-state index contributed by atoms with van der Waals surface area (Å²) < 4.78 is 10.8. The minimum absolute atomic E-state index is 0.0590. The molecule has 1 saturated heterocycles. The van der Waals surface area contributed by atoms with E-state index in [1.54, 1.807) is 7.11 Å². The van der Waals surface area contributed by atoms with Crippen LogP contribution in [-0.2, 0) is 14.3 Å². The van der Waals surface area contributed by atoms with Gasteiger partial charge in [0.15, 0.2) is 0 Å². The van der Waals surface area contributed by atoms with Gasteiger partial charge < -0.3 is 20.1 Å². The molecule has 2 rings (SSSR count). The van der Waals surface area contributed by atoms with Gasteiger partial charge in [-0.25, -0.2) is 0 Å². The Bertz CT molecular complexity index is 573. The van der Waals surface area contributed by atoms with Crippen LogP contribution in [0.4, 0.5) is 0 Å². The van der Waals surface area contributed by atoms with Gasteiger partial charge in [-0.3, -0.25) is 14.5 Å². The second kappa shape index (κ2) is 10.0. The first kappa shape index (κ1) is 19.2. The average molecular weight is 349 g/mol. The number of nitrogens with zero attached hydrogens (tertiary/aromatic N) is 1. The van der Waals surface area contributed by atoms with Crippen molar-refractivity contribution in [1.29, 1.82) is 0 Å². The second-order valence-electron chi connectivity index (χ2n) is 5.98. The first-order chi connectivity index (χ1) is 12.1. The summed E-state index contributed by atoms with van der Waals surface area (Å²) in [6.45, 7) is 5.32. The minimum Gasteiger partial charge on any atom is -0.497 e. The van der Waals surface area contributed by atoms with E-state index in [1.165, 1.54) is 6.92 Å². The van der Waals surface area contributed by atoms with Crippen molar-refractivity contribution in [2.75, 3.05) is 46.5 Å². The third-order valence-electron chi connectivity index (χ3n) is 4.18. The lowest BCUT2D eigenvalue weighted by Gasteiger charge is -2.35. The highest BCUT2D eigenvalue weighted by Crippen LogP contribution is 2.24. The highest BCUT2D eigenvalue weighted by molar-refractivity contribution is 5.77. The van der Waals surface area contributed by atoms with Crippen molar-refractivity contribution in [2.24, 2.45) is 0 Å². The first-order valence-electron chi connectivity index (χ1n) is 8.57. The molecule has 1 aliphatic heterocycles. The molecule has 0 aromatic heterocycles. The molecule has 0 spiro atoms. The van der Waals surface area contributed by atoms with Crippen molar-refractivity contribution < 1.29 is 19.1 Å². The van der Waals surface area contributed by atoms with Gasteiger partial charge >= 0.3 is 0 Å². The predicted molar refractivity (Wildman–Crippen MR) is 94.4 cm³/mol. The summed E-state index contributed by atoms with van der Waals surface area (Å²) >= 11 is 0. The molecule has 2 N–H and O–H groups in total. The van der Waals surface area contributed by atoms with Crippen LogP contribution in [0.25, 0.3) is 0 Å². The largest absolute Gasteiger partial charge is 0.497 e. The van der Waals surface area contributed by atoms with E-state index in [-0.39, 0.29) is 24.3 Å². The molecule has 0 aliphatic carbocycles. The fraction of sp³-hybridized carbons (Fsp3) is 0.556. The molecule has 7 heteroatoms. The van der Waals surface area contributed by atoms with Gasteiger partial charge in [0.05, 0.1) is 26.4 Å². The van der Waals surface area contributed by atoms with E-state index < -0.39 is 0 Å². The fourth-order valence-electron chi connectivity index (χ4n) is 2.85. The number of morpholine rings is 1. The molecule has 1 fully saturated rings. The van der Waals surface area contributed by atoms with Crippen LogP contribution in [0.3, 0.4) is 0 Å². The number of methoxy groups -OCH3 is 1. The molecule has 1 aromatic rings. The third kappa shape index (κ3) is 6.36. The molecule has 1 atom stereocenters. The summed E-state index contributed by atoms with van der Waals surface area (Å²) in [7, 11) is 1.65. The predicted octanol–water partition coefficient (Wildman–Crippen LogP) is 0.711. The van der Waals surface area contributed by atoms with Crippen molar-refractivity contribution in [1.82, 2.24) is 15.5 Å². The van der Waals surface area contributed by atoms with Crippen LogP contribution in [0.2, 0.25) is 0 Å². The van der Waals surface area contributed by atoms with E-state index in [0.29, 0.717) is 26.3 Å². The summed E-state index contributed by atoms with van der Waals surface area (Å²) in [5.74, 6) is 0.595. The number of carbonyl (C=O) groups is 2. The molecule has 1 aromatic carbocycles. The van der Waals surface area contributed by atoms with Gasteiger partial charge in [0.25, 0.3) is 0 Å². The number of hydrogen-bond acceptors (Lipinski definition) is 5. The number of rotatable bonds is 8. The lowest BCUT2D eigenvalue weighted by atomic mass is 10.0. The van der Waals surface area contributed by atoms with Crippen LogP contribution in [0, 0.1) is 0 Å². The van der Waals surface area contributed by atoms with Crippen molar-refractivity contribution in [3.63, 3.8) is 0 Å². The van der Waals surface area contributed by atoms with Crippen molar-refractivity contribution in [3.8, 4) is 5.75 Å². The number of carbonyl (C=O) groups excluding carboxylic acids is 2. The SMILES string of the molecule is COc1cccc(C(CNC(=O)CCNC(C)=O)N2CCOCC2)c1. The van der Waals surface area contributed by atoms with E-state index in [1.807, 2.05) is 24.3 Å². The topological polar surface area (TPSA) is 79.9 Å². The van der Waals surface area contributed by atoms with E-state index in [4.69, 9.17) is 9.47 Å². The number of hydrogen-bond donors (Lipinski definition) is 2. The molecular formula is C18H27N3O4. The van der Waals surface area contributed by atoms with Gasteiger partial charge in [0.1, 0.15) is 5.75 Å². The summed E-state index contributed by atoms with van der Waals surface area (Å²) in [6.07, 6.45) is 0.271. The van der Waals surface area contributed by atoms with Crippen LogP contribution in [0.1, 0.15) is 24.9 Å². The smallest absolute Gasteiger partial charge is 0.221 e. The molecule has 25 heavy (non-hydrogen) atoms. The molecule has 0 radical (unpaired) electrons. The maximum atomic E-state index is 12.0. The zero-order valence-corrected chi connectivity index (χ0v) is 14.9. The van der Waals surface area contributed by atoms with Crippen LogP contribution in [-0.4, -0.2) is 63.2 Å². The molecule has 0 saturated carbocycles. The Kier molecular flexibility index (Phi) is 7.69.